The van der Waals surface area contributed by atoms with Crippen molar-refractivity contribution in [3.63, 3.8) is 0 Å². The number of benzene rings is 4. The normalized spacial score (nSPS) is 13.8. The predicted molar refractivity (Wildman–Crippen MR) is 155 cm³/mol. The average Bonchev–Trinajstić information content (AvgIpc) is 3.35. The van der Waals surface area contributed by atoms with Crippen molar-refractivity contribution in [2.45, 2.75) is 38.5 Å². The summed E-state index contributed by atoms with van der Waals surface area (Å²) in [6.45, 7) is 0.517. The highest BCUT2D eigenvalue weighted by molar-refractivity contribution is 6.05. The molecule has 4 heteroatoms. The molecule has 5 aromatic rings. The second-order valence-corrected chi connectivity index (χ2v) is 9.97. The van der Waals surface area contributed by atoms with Gasteiger partial charge in [-0.15, -0.1) is 0 Å². The standard InChI is InChI=1S/C34H31NO3/c36-34(37)33-30(20-10-22-38-31-21-8-14-24-13-4-5-16-26(24)31)29-19-9-18-28(32(29)35-33)27-17-7-6-15-25(27)23-11-2-1-3-12-23/h1-5,8-9,11-14,16,18-19,21,35H,6-7,10,15,17,20,22H2,(H,36,37). The molecular weight excluding hydrogens is 470 g/mol. The summed E-state index contributed by atoms with van der Waals surface area (Å²) in [7, 11) is 0. The molecule has 1 aliphatic rings. The van der Waals surface area contributed by atoms with Gasteiger partial charge < -0.3 is 14.8 Å². The lowest BCUT2D eigenvalue weighted by Crippen LogP contribution is -2.04. The molecule has 0 aliphatic heterocycles. The van der Waals surface area contributed by atoms with Crippen LogP contribution in [0.1, 0.15) is 59.3 Å². The van der Waals surface area contributed by atoms with Crippen molar-refractivity contribution in [2.75, 3.05) is 6.61 Å². The van der Waals surface area contributed by atoms with E-state index in [0.717, 1.165) is 64.2 Å². The number of H-pyrrole nitrogens is 1. The van der Waals surface area contributed by atoms with Crippen molar-refractivity contribution >= 4 is 38.8 Å². The van der Waals surface area contributed by atoms with E-state index in [0.29, 0.717) is 13.0 Å². The van der Waals surface area contributed by atoms with E-state index in [9.17, 15) is 9.90 Å². The van der Waals surface area contributed by atoms with Gasteiger partial charge in [0.1, 0.15) is 11.4 Å². The molecule has 190 valence electrons. The molecule has 1 aromatic heterocycles. The number of aromatic nitrogens is 1. The van der Waals surface area contributed by atoms with Crippen molar-refractivity contribution in [3.8, 4) is 5.75 Å². The number of carboxylic acids is 1. The van der Waals surface area contributed by atoms with Gasteiger partial charge in [-0.3, -0.25) is 0 Å². The number of carboxylic acid groups (broad SMARTS) is 1. The fourth-order valence-electron chi connectivity index (χ4n) is 5.88. The summed E-state index contributed by atoms with van der Waals surface area (Å²) in [5.74, 6) is -0.0570. The zero-order chi connectivity index (χ0) is 25.9. The third-order valence-electron chi connectivity index (χ3n) is 7.65. The minimum Gasteiger partial charge on any atom is -0.493 e. The van der Waals surface area contributed by atoms with Gasteiger partial charge in [-0.05, 0) is 72.3 Å². The number of hydrogen-bond acceptors (Lipinski definition) is 2. The summed E-state index contributed by atoms with van der Waals surface area (Å²) in [6.07, 6.45) is 5.71. The van der Waals surface area contributed by atoms with Crippen molar-refractivity contribution in [1.29, 1.82) is 0 Å². The van der Waals surface area contributed by atoms with Gasteiger partial charge >= 0.3 is 5.97 Å². The highest BCUT2D eigenvalue weighted by Gasteiger charge is 2.22. The molecule has 0 saturated carbocycles. The zero-order valence-electron chi connectivity index (χ0n) is 21.4. The van der Waals surface area contributed by atoms with E-state index in [-0.39, 0.29) is 5.69 Å². The Bertz CT molecular complexity index is 1640. The molecule has 1 heterocycles. The maximum atomic E-state index is 12.3. The maximum absolute atomic E-state index is 12.3. The van der Waals surface area contributed by atoms with Crippen molar-refractivity contribution in [3.05, 3.63) is 113 Å². The molecule has 2 N–H and O–H groups in total. The average molecular weight is 502 g/mol. The Morgan fingerprint density at radius 3 is 2.34 bits per heavy atom. The molecule has 0 bridgehead atoms. The van der Waals surface area contributed by atoms with E-state index < -0.39 is 5.97 Å². The lowest BCUT2D eigenvalue weighted by Gasteiger charge is -2.22. The number of carbonyl (C=O) groups is 1. The van der Waals surface area contributed by atoms with E-state index in [1.54, 1.807) is 0 Å². The molecule has 0 amide bonds. The first-order chi connectivity index (χ1) is 18.7. The summed E-state index contributed by atoms with van der Waals surface area (Å²) in [4.78, 5) is 15.6. The van der Waals surface area contributed by atoms with Gasteiger partial charge in [0, 0.05) is 16.3 Å². The first-order valence-electron chi connectivity index (χ1n) is 13.5. The molecule has 38 heavy (non-hydrogen) atoms. The van der Waals surface area contributed by atoms with Crippen LogP contribution in [0.3, 0.4) is 0 Å². The van der Waals surface area contributed by atoms with Crippen molar-refractivity contribution < 1.29 is 14.6 Å². The second kappa shape index (κ2) is 10.6. The van der Waals surface area contributed by atoms with E-state index in [2.05, 4.69) is 59.6 Å². The van der Waals surface area contributed by atoms with E-state index >= 15 is 0 Å². The molecule has 0 radical (unpaired) electrons. The van der Waals surface area contributed by atoms with E-state index in [1.165, 1.54) is 23.1 Å². The van der Waals surface area contributed by atoms with Gasteiger partial charge in [-0.25, -0.2) is 4.79 Å². The number of ether oxygens (including phenoxy) is 1. The van der Waals surface area contributed by atoms with E-state index in [1.807, 2.05) is 36.4 Å². The van der Waals surface area contributed by atoms with Gasteiger partial charge in [0.05, 0.1) is 12.1 Å². The topological polar surface area (TPSA) is 62.3 Å². The third kappa shape index (κ3) is 4.58. The van der Waals surface area contributed by atoms with E-state index in [4.69, 9.17) is 4.74 Å². The molecule has 6 rings (SSSR count). The van der Waals surface area contributed by atoms with Crippen LogP contribution >= 0.6 is 0 Å². The summed E-state index contributed by atoms with van der Waals surface area (Å²) in [5, 5.41) is 13.3. The second-order valence-electron chi connectivity index (χ2n) is 9.97. The fourth-order valence-corrected chi connectivity index (χ4v) is 5.88. The Hall–Kier alpha value is -4.31. The van der Waals surface area contributed by atoms with Crippen LogP contribution in [0.15, 0.2) is 91.0 Å². The Kier molecular flexibility index (Phi) is 6.70. The van der Waals surface area contributed by atoms with Crippen molar-refractivity contribution in [1.82, 2.24) is 4.98 Å². The van der Waals surface area contributed by atoms with Crippen LogP contribution in [0, 0.1) is 0 Å². The monoisotopic (exact) mass is 501 g/mol. The Balaban J connectivity index is 1.31. The lowest BCUT2D eigenvalue weighted by atomic mass is 9.83. The van der Waals surface area contributed by atoms with Gasteiger partial charge in [0.2, 0.25) is 0 Å². The summed E-state index contributed by atoms with van der Waals surface area (Å²) < 4.78 is 6.15. The van der Waals surface area contributed by atoms with Gasteiger partial charge in [-0.2, -0.15) is 0 Å². The first-order valence-corrected chi connectivity index (χ1v) is 13.5. The number of rotatable bonds is 8. The molecule has 0 atom stereocenters. The summed E-state index contributed by atoms with van der Waals surface area (Å²) in [6, 6.07) is 31.1. The smallest absolute Gasteiger partial charge is 0.352 e. The number of hydrogen-bond donors (Lipinski definition) is 2. The predicted octanol–water partition coefficient (Wildman–Crippen LogP) is 8.52. The SMILES string of the molecule is O=C(O)c1[nH]c2c(C3=C(c4ccccc4)CCCC3)cccc2c1CCCOc1cccc2ccccc12. The highest BCUT2D eigenvalue weighted by atomic mass is 16.5. The number of aryl methyl sites for hydroxylation is 1. The van der Waals surface area contributed by atoms with Gasteiger partial charge in [0.15, 0.2) is 0 Å². The number of para-hydroxylation sites is 1. The first kappa shape index (κ1) is 24.1. The Morgan fingerprint density at radius 1 is 0.789 bits per heavy atom. The fraction of sp³-hybridized carbons (Fsp3) is 0.206. The molecule has 0 spiro atoms. The molecule has 4 aromatic carbocycles. The largest absolute Gasteiger partial charge is 0.493 e. The van der Waals surface area contributed by atoms with Crippen LogP contribution in [-0.2, 0) is 6.42 Å². The molecular formula is C34H31NO3. The highest BCUT2D eigenvalue weighted by Crippen LogP contribution is 2.41. The molecule has 0 unspecified atom stereocenters. The van der Waals surface area contributed by atoms with Crippen LogP contribution < -0.4 is 4.74 Å². The Morgan fingerprint density at radius 2 is 1.50 bits per heavy atom. The zero-order valence-corrected chi connectivity index (χ0v) is 21.4. The molecule has 0 saturated heterocycles. The summed E-state index contributed by atoms with van der Waals surface area (Å²) in [5.41, 5.74) is 7.17. The number of aromatic amines is 1. The minimum absolute atomic E-state index is 0.287. The Labute approximate surface area is 222 Å². The van der Waals surface area contributed by atoms with Crippen LogP contribution in [-0.4, -0.2) is 22.7 Å². The molecule has 0 fully saturated rings. The van der Waals surface area contributed by atoms with Crippen LogP contribution in [0.4, 0.5) is 0 Å². The van der Waals surface area contributed by atoms with Gasteiger partial charge in [-0.1, -0.05) is 84.9 Å². The number of allylic oxidation sites excluding steroid dienone is 2. The molecule has 4 nitrogen and oxygen atoms in total. The quantitative estimate of drug-likeness (QED) is 0.210. The maximum Gasteiger partial charge on any atom is 0.352 e. The van der Waals surface area contributed by atoms with Crippen LogP contribution in [0.5, 0.6) is 5.75 Å². The van der Waals surface area contributed by atoms with Crippen molar-refractivity contribution in [2.24, 2.45) is 0 Å². The number of fused-ring (bicyclic) bond motifs is 2. The molecule has 1 aliphatic carbocycles. The number of nitrogens with one attached hydrogen (secondary N) is 1. The summed E-state index contributed by atoms with van der Waals surface area (Å²) >= 11 is 0. The lowest BCUT2D eigenvalue weighted by molar-refractivity contribution is 0.0690. The van der Waals surface area contributed by atoms with Gasteiger partial charge in [0.25, 0.3) is 0 Å². The third-order valence-corrected chi connectivity index (χ3v) is 7.65. The van der Waals surface area contributed by atoms with Crippen LogP contribution in [0.2, 0.25) is 0 Å². The minimum atomic E-state index is -0.918. The number of aromatic carboxylic acids is 1. The van der Waals surface area contributed by atoms with Crippen LogP contribution in [0.25, 0.3) is 32.8 Å².